The maximum atomic E-state index is 13.9. The summed E-state index contributed by atoms with van der Waals surface area (Å²) < 4.78 is 32.8. The second-order valence-corrected chi connectivity index (χ2v) is 4.99. The van der Waals surface area contributed by atoms with Gasteiger partial charge in [-0.2, -0.15) is 10.2 Å². The summed E-state index contributed by atoms with van der Waals surface area (Å²) in [6.45, 7) is 1.96. The Bertz CT molecular complexity index is 686. The van der Waals surface area contributed by atoms with Crippen LogP contribution in [-0.4, -0.2) is 19.5 Å². The van der Waals surface area contributed by atoms with Crippen molar-refractivity contribution in [3.05, 3.63) is 64.7 Å². The van der Waals surface area contributed by atoms with Gasteiger partial charge in [-0.1, -0.05) is 13.3 Å². The first-order valence-corrected chi connectivity index (χ1v) is 7.32. The van der Waals surface area contributed by atoms with E-state index in [1.807, 2.05) is 6.92 Å². The Kier molecular flexibility index (Phi) is 5.97. The largest absolute Gasteiger partial charge is 0.497 e. The lowest BCUT2D eigenvalue weighted by Gasteiger charge is -2.03. The molecular weight excluding hydrogens is 298 g/mol. The lowest BCUT2D eigenvalue weighted by Crippen LogP contribution is -1.97. The molecule has 0 aromatic heterocycles. The average Bonchev–Trinajstić information content (AvgIpc) is 2.54. The monoisotopic (exact) mass is 316 g/mol. The Hall–Kier alpha value is -2.56. The first-order valence-electron chi connectivity index (χ1n) is 7.32. The molecular formula is C18H18F2N2O. The molecule has 0 spiro atoms. The second kappa shape index (κ2) is 8.17. The van der Waals surface area contributed by atoms with Crippen LogP contribution in [-0.2, 0) is 6.42 Å². The highest BCUT2D eigenvalue weighted by atomic mass is 19.1. The highest BCUT2D eigenvalue weighted by Crippen LogP contribution is 2.15. The zero-order valence-electron chi connectivity index (χ0n) is 13.1. The zero-order chi connectivity index (χ0) is 16.7. The highest BCUT2D eigenvalue weighted by Gasteiger charge is 2.08. The summed E-state index contributed by atoms with van der Waals surface area (Å²) in [5.41, 5.74) is 1.26. The maximum Gasteiger partial charge on any atom is 0.135 e. The molecule has 0 aliphatic rings. The number of nitrogens with zero attached hydrogens (tertiary/aromatic N) is 2. The molecule has 0 aliphatic carbocycles. The van der Waals surface area contributed by atoms with Gasteiger partial charge in [0.1, 0.15) is 17.4 Å². The molecule has 0 fully saturated rings. The van der Waals surface area contributed by atoms with Crippen molar-refractivity contribution >= 4 is 12.4 Å². The molecule has 3 nitrogen and oxygen atoms in total. The quantitative estimate of drug-likeness (QED) is 0.575. The van der Waals surface area contributed by atoms with Crippen molar-refractivity contribution in [3.63, 3.8) is 0 Å². The Morgan fingerprint density at radius 3 is 2.17 bits per heavy atom. The van der Waals surface area contributed by atoms with Crippen LogP contribution in [0.3, 0.4) is 0 Å². The van der Waals surface area contributed by atoms with Crippen molar-refractivity contribution in [1.29, 1.82) is 0 Å². The summed E-state index contributed by atoms with van der Waals surface area (Å²) in [5.74, 6) is -0.518. The van der Waals surface area contributed by atoms with Gasteiger partial charge in [0.05, 0.1) is 25.1 Å². The number of methoxy groups -OCH3 is 1. The van der Waals surface area contributed by atoms with E-state index in [2.05, 4.69) is 10.2 Å². The molecule has 0 unspecified atom stereocenters. The predicted octanol–water partition coefficient (Wildman–Crippen LogP) is 4.38. The SMILES string of the molecule is CCCc1cc(F)c(/C=N/N=C/c2ccc(OC)cc2)c(F)c1. The van der Waals surface area contributed by atoms with Crippen LogP contribution < -0.4 is 4.74 Å². The molecule has 0 saturated heterocycles. The normalized spacial score (nSPS) is 11.5. The summed E-state index contributed by atoms with van der Waals surface area (Å²) in [5, 5.41) is 7.51. The molecule has 2 rings (SSSR count). The van der Waals surface area contributed by atoms with Crippen molar-refractivity contribution in [3.8, 4) is 5.75 Å². The molecule has 0 atom stereocenters. The number of aryl methyl sites for hydroxylation is 1. The van der Waals surface area contributed by atoms with Crippen molar-refractivity contribution in [1.82, 2.24) is 0 Å². The van der Waals surface area contributed by atoms with Gasteiger partial charge < -0.3 is 4.74 Å². The van der Waals surface area contributed by atoms with E-state index >= 15 is 0 Å². The molecule has 5 heteroatoms. The minimum absolute atomic E-state index is 0.184. The number of benzene rings is 2. The van der Waals surface area contributed by atoms with Crippen LogP contribution >= 0.6 is 0 Å². The fourth-order valence-electron chi connectivity index (χ4n) is 2.07. The Balaban J connectivity index is 2.09. The van der Waals surface area contributed by atoms with E-state index in [4.69, 9.17) is 4.74 Å². The summed E-state index contributed by atoms with van der Waals surface area (Å²) in [7, 11) is 1.59. The van der Waals surface area contributed by atoms with Crippen LogP contribution in [0.1, 0.15) is 30.0 Å². The van der Waals surface area contributed by atoms with Gasteiger partial charge in [0.25, 0.3) is 0 Å². The predicted molar refractivity (Wildman–Crippen MR) is 88.5 cm³/mol. The van der Waals surface area contributed by atoms with E-state index < -0.39 is 11.6 Å². The van der Waals surface area contributed by atoms with Crippen LogP contribution in [0.25, 0.3) is 0 Å². The fraction of sp³-hybridized carbons (Fsp3) is 0.222. The lowest BCUT2D eigenvalue weighted by atomic mass is 10.1. The number of ether oxygens (including phenoxy) is 1. The van der Waals surface area contributed by atoms with E-state index in [0.29, 0.717) is 12.0 Å². The molecule has 0 radical (unpaired) electrons. The van der Waals surface area contributed by atoms with Crippen LogP contribution in [0, 0.1) is 11.6 Å². The molecule has 0 bridgehead atoms. The molecule has 0 aliphatic heterocycles. The van der Waals surface area contributed by atoms with Crippen LogP contribution in [0.5, 0.6) is 5.75 Å². The summed E-state index contributed by atoms with van der Waals surface area (Å²) in [6.07, 6.45) is 4.05. The Morgan fingerprint density at radius 2 is 1.61 bits per heavy atom. The summed E-state index contributed by atoms with van der Waals surface area (Å²) in [6, 6.07) is 9.85. The number of rotatable bonds is 6. The van der Waals surface area contributed by atoms with Gasteiger partial charge in [0.15, 0.2) is 0 Å². The number of hydrogen-bond acceptors (Lipinski definition) is 3. The lowest BCUT2D eigenvalue weighted by molar-refractivity contribution is 0.415. The van der Waals surface area contributed by atoms with E-state index in [0.717, 1.165) is 23.9 Å². The molecule has 2 aromatic rings. The van der Waals surface area contributed by atoms with E-state index in [1.165, 1.54) is 18.3 Å². The van der Waals surface area contributed by atoms with E-state index in [9.17, 15) is 8.78 Å². The first-order chi connectivity index (χ1) is 11.1. The van der Waals surface area contributed by atoms with E-state index in [-0.39, 0.29) is 5.56 Å². The third-order valence-electron chi connectivity index (χ3n) is 3.25. The minimum atomic E-state index is -0.628. The van der Waals surface area contributed by atoms with Gasteiger partial charge in [-0.05, 0) is 53.9 Å². The van der Waals surface area contributed by atoms with Gasteiger partial charge in [-0.3, -0.25) is 0 Å². The van der Waals surface area contributed by atoms with E-state index in [1.54, 1.807) is 31.4 Å². The van der Waals surface area contributed by atoms with Gasteiger partial charge in [0, 0.05) is 0 Å². The van der Waals surface area contributed by atoms with Crippen LogP contribution in [0.2, 0.25) is 0 Å². The molecule has 0 N–H and O–H groups in total. The topological polar surface area (TPSA) is 34.0 Å². The molecule has 0 amide bonds. The minimum Gasteiger partial charge on any atom is -0.497 e. The van der Waals surface area contributed by atoms with Gasteiger partial charge in [-0.15, -0.1) is 0 Å². The molecule has 2 aromatic carbocycles. The van der Waals surface area contributed by atoms with Gasteiger partial charge in [-0.25, -0.2) is 8.78 Å². The first kappa shape index (κ1) is 16.8. The van der Waals surface area contributed by atoms with Gasteiger partial charge >= 0.3 is 0 Å². The third-order valence-corrected chi connectivity index (χ3v) is 3.25. The maximum absolute atomic E-state index is 13.9. The molecule has 23 heavy (non-hydrogen) atoms. The smallest absolute Gasteiger partial charge is 0.135 e. The average molecular weight is 316 g/mol. The molecule has 120 valence electrons. The van der Waals surface area contributed by atoms with Crippen LogP contribution in [0.15, 0.2) is 46.6 Å². The standard InChI is InChI=1S/C18H18F2N2O/c1-3-4-14-9-17(19)16(18(20)10-14)12-22-21-11-13-5-7-15(23-2)8-6-13/h5-12H,3-4H2,1-2H3/b21-11+,22-12+. The van der Waals surface area contributed by atoms with Crippen molar-refractivity contribution < 1.29 is 13.5 Å². The number of halogens is 2. The third kappa shape index (κ3) is 4.71. The van der Waals surface area contributed by atoms with Crippen molar-refractivity contribution in [2.75, 3.05) is 7.11 Å². The van der Waals surface area contributed by atoms with Crippen LogP contribution in [0.4, 0.5) is 8.78 Å². The van der Waals surface area contributed by atoms with Crippen molar-refractivity contribution in [2.45, 2.75) is 19.8 Å². The zero-order valence-corrected chi connectivity index (χ0v) is 13.1. The van der Waals surface area contributed by atoms with Gasteiger partial charge in [0.2, 0.25) is 0 Å². The number of hydrogen-bond donors (Lipinski definition) is 0. The fourth-order valence-corrected chi connectivity index (χ4v) is 2.07. The summed E-state index contributed by atoms with van der Waals surface area (Å²) >= 11 is 0. The molecule has 0 saturated carbocycles. The Morgan fingerprint density at radius 1 is 1.00 bits per heavy atom. The highest BCUT2D eigenvalue weighted by molar-refractivity contribution is 5.83. The summed E-state index contributed by atoms with van der Waals surface area (Å²) in [4.78, 5) is 0. The molecule has 0 heterocycles. The Labute approximate surface area is 134 Å². The second-order valence-electron chi connectivity index (χ2n) is 4.99. The van der Waals surface area contributed by atoms with Crippen molar-refractivity contribution in [2.24, 2.45) is 10.2 Å².